The van der Waals surface area contributed by atoms with Gasteiger partial charge in [-0.05, 0) is 32.1 Å². The van der Waals surface area contributed by atoms with Crippen molar-refractivity contribution in [2.75, 3.05) is 0 Å². The molecule has 1 unspecified atom stereocenters. The highest BCUT2D eigenvalue weighted by atomic mass is 16.5. The summed E-state index contributed by atoms with van der Waals surface area (Å²) in [6.07, 6.45) is 26.0. The molecular weight excluding hydrogens is 344 g/mol. The van der Waals surface area contributed by atoms with Gasteiger partial charge in [0.05, 0.1) is 0 Å². The van der Waals surface area contributed by atoms with Crippen molar-refractivity contribution in [1.29, 1.82) is 0 Å². The number of unbranched alkanes of at least 4 members (excludes halogenated alkanes) is 15. The lowest BCUT2D eigenvalue weighted by Gasteiger charge is -2.18. The molecule has 0 spiro atoms. The summed E-state index contributed by atoms with van der Waals surface area (Å²) in [6.45, 7) is 6.77. The Morgan fingerprint density at radius 3 is 1.36 bits per heavy atom. The van der Waals surface area contributed by atoms with E-state index in [9.17, 15) is 4.79 Å². The smallest absolute Gasteiger partial charge is 0.306 e. The molecule has 0 aromatic carbocycles. The quantitative estimate of drug-likeness (QED) is 0.135. The Hall–Kier alpha value is -0.530. The van der Waals surface area contributed by atoms with Crippen LogP contribution in [0.25, 0.3) is 0 Å². The molecule has 0 rings (SSSR count). The van der Waals surface area contributed by atoms with E-state index in [1.165, 1.54) is 109 Å². The van der Waals surface area contributed by atoms with Crippen LogP contribution in [0, 0.1) is 0 Å². The number of ether oxygens (including phenoxy) is 1. The molecule has 2 heteroatoms. The number of rotatable bonds is 22. The summed E-state index contributed by atoms with van der Waals surface area (Å²) in [4.78, 5) is 12.3. The van der Waals surface area contributed by atoms with Crippen molar-refractivity contribution in [1.82, 2.24) is 0 Å². The zero-order chi connectivity index (χ0) is 20.7. The van der Waals surface area contributed by atoms with E-state index in [1.807, 2.05) is 0 Å². The number of carbonyl (C=O) groups excluding carboxylic acids is 1. The second-order valence-corrected chi connectivity index (χ2v) is 8.74. The molecule has 1 atom stereocenters. The fourth-order valence-corrected chi connectivity index (χ4v) is 3.86. The van der Waals surface area contributed by atoms with E-state index in [0.717, 1.165) is 19.3 Å². The Balaban J connectivity index is 3.92. The first-order chi connectivity index (χ1) is 13.7. The van der Waals surface area contributed by atoms with Crippen LogP contribution in [0.3, 0.4) is 0 Å². The summed E-state index contributed by atoms with van der Waals surface area (Å²) >= 11 is 0. The SMILES string of the molecule is CCCCCCCCCC(=O)OC(CCCCCC)CCCCCCCCC. The molecule has 28 heavy (non-hydrogen) atoms. The van der Waals surface area contributed by atoms with Crippen LogP contribution in [-0.4, -0.2) is 12.1 Å². The molecule has 0 aliphatic heterocycles. The highest BCUT2D eigenvalue weighted by molar-refractivity contribution is 5.69. The van der Waals surface area contributed by atoms with Crippen LogP contribution in [-0.2, 0) is 9.53 Å². The lowest BCUT2D eigenvalue weighted by molar-refractivity contribution is -0.150. The van der Waals surface area contributed by atoms with Gasteiger partial charge in [-0.3, -0.25) is 4.79 Å². The van der Waals surface area contributed by atoms with Crippen LogP contribution in [0.2, 0.25) is 0 Å². The van der Waals surface area contributed by atoms with Crippen LogP contribution in [0.1, 0.15) is 156 Å². The molecule has 0 radical (unpaired) electrons. The molecule has 0 N–H and O–H groups in total. The van der Waals surface area contributed by atoms with Gasteiger partial charge in [-0.15, -0.1) is 0 Å². The van der Waals surface area contributed by atoms with Crippen LogP contribution in [0.5, 0.6) is 0 Å². The van der Waals surface area contributed by atoms with Crippen LogP contribution < -0.4 is 0 Å². The molecule has 0 fully saturated rings. The van der Waals surface area contributed by atoms with Gasteiger partial charge in [0.25, 0.3) is 0 Å². The zero-order valence-electron chi connectivity index (χ0n) is 19.7. The molecule has 0 aliphatic carbocycles. The van der Waals surface area contributed by atoms with Crippen LogP contribution in [0.4, 0.5) is 0 Å². The van der Waals surface area contributed by atoms with Crippen molar-refractivity contribution >= 4 is 5.97 Å². The second-order valence-electron chi connectivity index (χ2n) is 8.74. The third-order valence-corrected chi connectivity index (χ3v) is 5.79. The van der Waals surface area contributed by atoms with Gasteiger partial charge in [-0.25, -0.2) is 0 Å². The Morgan fingerprint density at radius 2 is 0.893 bits per heavy atom. The van der Waals surface area contributed by atoms with Crippen molar-refractivity contribution in [3.05, 3.63) is 0 Å². The third kappa shape index (κ3) is 20.2. The van der Waals surface area contributed by atoms with E-state index < -0.39 is 0 Å². The van der Waals surface area contributed by atoms with Crippen LogP contribution >= 0.6 is 0 Å². The van der Waals surface area contributed by atoms with Gasteiger partial charge >= 0.3 is 5.97 Å². The molecule has 0 saturated carbocycles. The van der Waals surface area contributed by atoms with E-state index in [0.29, 0.717) is 6.42 Å². The Morgan fingerprint density at radius 1 is 0.536 bits per heavy atom. The molecule has 2 nitrogen and oxygen atoms in total. The fraction of sp³-hybridized carbons (Fsp3) is 0.962. The summed E-state index contributed by atoms with van der Waals surface area (Å²) < 4.78 is 5.88. The Labute approximate surface area is 177 Å². The molecule has 0 aliphatic rings. The van der Waals surface area contributed by atoms with E-state index in [1.54, 1.807) is 0 Å². The van der Waals surface area contributed by atoms with E-state index in [-0.39, 0.29) is 12.1 Å². The van der Waals surface area contributed by atoms with Gasteiger partial charge in [0.1, 0.15) is 6.10 Å². The third-order valence-electron chi connectivity index (χ3n) is 5.79. The first-order valence-corrected chi connectivity index (χ1v) is 12.9. The maximum absolute atomic E-state index is 12.3. The van der Waals surface area contributed by atoms with Crippen molar-refractivity contribution in [2.45, 2.75) is 162 Å². The Kier molecular flexibility index (Phi) is 22.3. The standard InChI is InChI=1S/C26H52O2/c1-4-7-10-13-15-17-20-23-25(22-19-12-9-6-3)28-26(27)24-21-18-16-14-11-8-5-2/h25H,4-24H2,1-3H3. The van der Waals surface area contributed by atoms with E-state index in [4.69, 9.17) is 4.74 Å². The number of esters is 1. The average Bonchev–Trinajstić information content (AvgIpc) is 2.69. The normalized spacial score (nSPS) is 12.2. The van der Waals surface area contributed by atoms with E-state index >= 15 is 0 Å². The summed E-state index contributed by atoms with van der Waals surface area (Å²) in [5, 5.41) is 0. The molecule has 0 aromatic rings. The molecular formula is C26H52O2. The van der Waals surface area contributed by atoms with Crippen molar-refractivity contribution in [2.24, 2.45) is 0 Å². The predicted molar refractivity (Wildman–Crippen MR) is 124 cm³/mol. The predicted octanol–water partition coefficient (Wildman–Crippen LogP) is 9.15. The number of carbonyl (C=O) groups is 1. The van der Waals surface area contributed by atoms with Gasteiger partial charge in [-0.2, -0.15) is 0 Å². The number of hydrogen-bond donors (Lipinski definition) is 0. The van der Waals surface area contributed by atoms with Gasteiger partial charge in [0.15, 0.2) is 0 Å². The van der Waals surface area contributed by atoms with Gasteiger partial charge < -0.3 is 4.74 Å². The monoisotopic (exact) mass is 396 g/mol. The Bertz CT molecular complexity index is 314. The zero-order valence-corrected chi connectivity index (χ0v) is 19.7. The molecule has 0 amide bonds. The largest absolute Gasteiger partial charge is 0.462 e. The maximum atomic E-state index is 12.3. The number of hydrogen-bond acceptors (Lipinski definition) is 2. The molecule has 0 bridgehead atoms. The van der Waals surface area contributed by atoms with Crippen LogP contribution in [0.15, 0.2) is 0 Å². The average molecular weight is 397 g/mol. The topological polar surface area (TPSA) is 26.3 Å². The van der Waals surface area contributed by atoms with Crippen molar-refractivity contribution in [3.8, 4) is 0 Å². The van der Waals surface area contributed by atoms with E-state index in [2.05, 4.69) is 20.8 Å². The highest BCUT2D eigenvalue weighted by Gasteiger charge is 2.14. The first-order valence-electron chi connectivity index (χ1n) is 12.9. The maximum Gasteiger partial charge on any atom is 0.306 e. The highest BCUT2D eigenvalue weighted by Crippen LogP contribution is 2.18. The van der Waals surface area contributed by atoms with Gasteiger partial charge in [0, 0.05) is 6.42 Å². The summed E-state index contributed by atoms with van der Waals surface area (Å²) in [6, 6.07) is 0. The lowest BCUT2D eigenvalue weighted by atomic mass is 10.0. The fourth-order valence-electron chi connectivity index (χ4n) is 3.86. The minimum absolute atomic E-state index is 0.0528. The second kappa shape index (κ2) is 22.8. The molecule has 168 valence electrons. The summed E-state index contributed by atoms with van der Waals surface area (Å²) in [5.74, 6) is 0.0528. The van der Waals surface area contributed by atoms with Crippen molar-refractivity contribution in [3.63, 3.8) is 0 Å². The first kappa shape index (κ1) is 27.5. The van der Waals surface area contributed by atoms with Crippen molar-refractivity contribution < 1.29 is 9.53 Å². The molecule has 0 heterocycles. The summed E-state index contributed by atoms with van der Waals surface area (Å²) in [5.41, 5.74) is 0. The lowest BCUT2D eigenvalue weighted by Crippen LogP contribution is -2.18. The summed E-state index contributed by atoms with van der Waals surface area (Å²) in [7, 11) is 0. The molecule has 0 saturated heterocycles. The van der Waals surface area contributed by atoms with Gasteiger partial charge in [0.2, 0.25) is 0 Å². The minimum atomic E-state index is 0.0528. The van der Waals surface area contributed by atoms with Gasteiger partial charge in [-0.1, -0.05) is 117 Å². The molecule has 0 aromatic heterocycles. The minimum Gasteiger partial charge on any atom is -0.462 e.